The summed E-state index contributed by atoms with van der Waals surface area (Å²) in [6.45, 7) is 1.48. The van der Waals surface area contributed by atoms with Crippen LogP contribution < -0.4 is 4.74 Å². The lowest BCUT2D eigenvalue weighted by Crippen LogP contribution is -2.06. The van der Waals surface area contributed by atoms with Gasteiger partial charge in [0.15, 0.2) is 0 Å². The van der Waals surface area contributed by atoms with Gasteiger partial charge in [0.2, 0.25) is 5.12 Å². The molecule has 4 nitrogen and oxygen atoms in total. The minimum atomic E-state index is -0.454. The van der Waals surface area contributed by atoms with Crippen molar-refractivity contribution in [2.24, 2.45) is 0 Å². The zero-order valence-electron chi connectivity index (χ0n) is 13.2. The molecule has 126 valence electrons. The third kappa shape index (κ3) is 5.70. The SMILES string of the molecule is CC(=O)Oc1ccccc1C(=O)Sc1ccc(CSCCO)cc1. The summed E-state index contributed by atoms with van der Waals surface area (Å²) < 4.78 is 5.08. The van der Waals surface area contributed by atoms with Crippen molar-refractivity contribution >= 4 is 34.6 Å². The zero-order chi connectivity index (χ0) is 17.4. The maximum Gasteiger partial charge on any atom is 0.308 e. The van der Waals surface area contributed by atoms with Crippen LogP contribution in [0.2, 0.25) is 0 Å². The van der Waals surface area contributed by atoms with Crippen LogP contribution in [0.1, 0.15) is 22.8 Å². The third-order valence-electron chi connectivity index (χ3n) is 3.00. The van der Waals surface area contributed by atoms with Gasteiger partial charge in [-0.25, -0.2) is 0 Å². The smallest absolute Gasteiger partial charge is 0.308 e. The summed E-state index contributed by atoms with van der Waals surface area (Å²) in [7, 11) is 0. The van der Waals surface area contributed by atoms with Gasteiger partial charge in [0.25, 0.3) is 0 Å². The van der Waals surface area contributed by atoms with Gasteiger partial charge in [-0.05, 0) is 41.6 Å². The van der Waals surface area contributed by atoms with Crippen molar-refractivity contribution in [2.45, 2.75) is 17.6 Å². The number of aliphatic hydroxyl groups excluding tert-OH is 1. The molecule has 2 rings (SSSR count). The van der Waals surface area contributed by atoms with Gasteiger partial charge in [0.1, 0.15) is 5.75 Å². The molecule has 0 spiro atoms. The number of hydrogen-bond donors (Lipinski definition) is 1. The van der Waals surface area contributed by atoms with E-state index in [4.69, 9.17) is 9.84 Å². The summed E-state index contributed by atoms with van der Waals surface area (Å²) >= 11 is 2.76. The Hall–Kier alpha value is -1.76. The van der Waals surface area contributed by atoms with E-state index in [1.807, 2.05) is 24.3 Å². The van der Waals surface area contributed by atoms with Crippen molar-refractivity contribution in [1.29, 1.82) is 0 Å². The molecule has 0 aliphatic carbocycles. The minimum absolute atomic E-state index is 0.172. The lowest BCUT2D eigenvalue weighted by Gasteiger charge is -2.08. The highest BCUT2D eigenvalue weighted by Gasteiger charge is 2.15. The van der Waals surface area contributed by atoms with Gasteiger partial charge in [-0.15, -0.1) is 0 Å². The maximum absolute atomic E-state index is 12.5. The Morgan fingerprint density at radius 1 is 1.08 bits per heavy atom. The van der Waals surface area contributed by atoms with Crippen LogP contribution in [0.3, 0.4) is 0 Å². The Kier molecular flexibility index (Phi) is 7.36. The Bertz CT molecular complexity index is 698. The predicted molar refractivity (Wildman–Crippen MR) is 97.6 cm³/mol. The van der Waals surface area contributed by atoms with E-state index in [0.29, 0.717) is 11.3 Å². The third-order valence-corrected chi connectivity index (χ3v) is 4.92. The van der Waals surface area contributed by atoms with E-state index < -0.39 is 5.97 Å². The summed E-state index contributed by atoms with van der Waals surface area (Å²) in [4.78, 5) is 24.4. The maximum atomic E-state index is 12.5. The summed E-state index contributed by atoms with van der Waals surface area (Å²) in [6, 6.07) is 14.4. The molecule has 0 fully saturated rings. The van der Waals surface area contributed by atoms with Gasteiger partial charge in [0.05, 0.1) is 12.2 Å². The topological polar surface area (TPSA) is 63.6 Å². The van der Waals surface area contributed by atoms with E-state index in [9.17, 15) is 9.59 Å². The highest BCUT2D eigenvalue weighted by atomic mass is 32.2. The number of benzene rings is 2. The van der Waals surface area contributed by atoms with E-state index in [-0.39, 0.29) is 17.5 Å². The molecule has 0 heterocycles. The highest BCUT2D eigenvalue weighted by molar-refractivity contribution is 8.14. The Morgan fingerprint density at radius 3 is 2.46 bits per heavy atom. The molecular formula is C18H18O4S2. The Balaban J connectivity index is 2.03. The fourth-order valence-corrected chi connectivity index (χ4v) is 3.42. The number of carbonyl (C=O) groups excluding carboxylic acids is 2. The number of para-hydroxylation sites is 1. The molecule has 0 atom stereocenters. The van der Waals surface area contributed by atoms with Crippen molar-refractivity contribution < 1.29 is 19.4 Å². The zero-order valence-corrected chi connectivity index (χ0v) is 14.9. The molecule has 2 aromatic carbocycles. The monoisotopic (exact) mass is 362 g/mol. The van der Waals surface area contributed by atoms with Crippen molar-refractivity contribution in [2.75, 3.05) is 12.4 Å². The first kappa shape index (κ1) is 18.6. The molecule has 0 saturated carbocycles. The molecule has 0 saturated heterocycles. The molecule has 6 heteroatoms. The van der Waals surface area contributed by atoms with Crippen molar-refractivity contribution in [3.05, 3.63) is 59.7 Å². The predicted octanol–water partition coefficient (Wildman–Crippen LogP) is 3.77. The van der Waals surface area contributed by atoms with E-state index in [0.717, 1.165) is 28.0 Å². The van der Waals surface area contributed by atoms with Gasteiger partial charge in [-0.2, -0.15) is 11.8 Å². The second-order valence-electron chi connectivity index (χ2n) is 4.90. The number of ether oxygens (including phenoxy) is 1. The molecule has 24 heavy (non-hydrogen) atoms. The van der Waals surface area contributed by atoms with E-state index in [2.05, 4.69) is 0 Å². The van der Waals surface area contributed by atoms with E-state index in [1.165, 1.54) is 6.92 Å². The first-order chi connectivity index (χ1) is 11.6. The number of carbonyl (C=O) groups is 2. The molecule has 0 aliphatic heterocycles. The van der Waals surface area contributed by atoms with Crippen LogP contribution in [0.15, 0.2) is 53.4 Å². The number of aliphatic hydroxyl groups is 1. The van der Waals surface area contributed by atoms with Crippen LogP contribution in [0.5, 0.6) is 5.75 Å². The number of rotatable bonds is 7. The summed E-state index contributed by atoms with van der Waals surface area (Å²) in [6.07, 6.45) is 0. The lowest BCUT2D eigenvalue weighted by molar-refractivity contribution is -0.131. The average Bonchev–Trinajstić information content (AvgIpc) is 2.56. The van der Waals surface area contributed by atoms with Crippen LogP contribution in [-0.4, -0.2) is 28.6 Å². The largest absolute Gasteiger partial charge is 0.426 e. The number of hydrogen-bond acceptors (Lipinski definition) is 6. The summed E-state index contributed by atoms with van der Waals surface area (Å²) in [5.74, 6) is 1.36. The molecule has 0 amide bonds. The van der Waals surface area contributed by atoms with Crippen LogP contribution in [0.25, 0.3) is 0 Å². The molecule has 0 radical (unpaired) electrons. The van der Waals surface area contributed by atoms with Gasteiger partial charge >= 0.3 is 5.97 Å². The van der Waals surface area contributed by atoms with Gasteiger partial charge in [-0.3, -0.25) is 9.59 Å². The van der Waals surface area contributed by atoms with E-state index in [1.54, 1.807) is 36.0 Å². The van der Waals surface area contributed by atoms with Crippen molar-refractivity contribution in [3.63, 3.8) is 0 Å². The van der Waals surface area contributed by atoms with Crippen molar-refractivity contribution in [1.82, 2.24) is 0 Å². The van der Waals surface area contributed by atoms with E-state index >= 15 is 0 Å². The fraction of sp³-hybridized carbons (Fsp3) is 0.222. The van der Waals surface area contributed by atoms with Crippen LogP contribution in [-0.2, 0) is 10.5 Å². The standard InChI is InChI=1S/C18H18O4S2/c1-13(20)22-17-5-3-2-4-16(17)18(21)24-15-8-6-14(7-9-15)12-23-11-10-19/h2-9,19H,10-12H2,1H3. The average molecular weight is 362 g/mol. The van der Waals surface area contributed by atoms with Crippen molar-refractivity contribution in [3.8, 4) is 5.75 Å². The minimum Gasteiger partial charge on any atom is -0.426 e. The summed E-state index contributed by atoms with van der Waals surface area (Å²) in [5.41, 5.74) is 1.52. The Labute approximate surface area is 149 Å². The number of thioether (sulfide) groups is 2. The molecule has 1 N–H and O–H groups in total. The molecule has 0 unspecified atom stereocenters. The quantitative estimate of drug-likeness (QED) is 0.350. The number of esters is 1. The first-order valence-electron chi connectivity index (χ1n) is 7.37. The lowest BCUT2D eigenvalue weighted by atomic mass is 10.2. The van der Waals surface area contributed by atoms with Crippen LogP contribution in [0, 0.1) is 0 Å². The second-order valence-corrected chi connectivity index (χ2v) is 7.05. The molecule has 0 aromatic heterocycles. The normalized spacial score (nSPS) is 10.4. The van der Waals surface area contributed by atoms with Gasteiger partial charge < -0.3 is 9.84 Å². The van der Waals surface area contributed by atoms with Crippen LogP contribution in [0.4, 0.5) is 0 Å². The highest BCUT2D eigenvalue weighted by Crippen LogP contribution is 2.28. The molecule has 0 aliphatic rings. The van der Waals surface area contributed by atoms with Gasteiger partial charge in [0, 0.05) is 23.3 Å². The second kappa shape index (κ2) is 9.52. The molecular weight excluding hydrogens is 344 g/mol. The Morgan fingerprint density at radius 2 is 1.79 bits per heavy atom. The van der Waals surface area contributed by atoms with Crippen LogP contribution >= 0.6 is 23.5 Å². The first-order valence-corrected chi connectivity index (χ1v) is 9.34. The molecule has 0 bridgehead atoms. The summed E-state index contributed by atoms with van der Waals surface area (Å²) in [5, 5.41) is 8.61. The fourth-order valence-electron chi connectivity index (χ4n) is 1.95. The molecule has 2 aromatic rings. The van der Waals surface area contributed by atoms with Gasteiger partial charge in [-0.1, -0.05) is 24.3 Å².